The highest BCUT2D eigenvalue weighted by atomic mass is 32.1. The van der Waals surface area contributed by atoms with Gasteiger partial charge in [0.1, 0.15) is 16.2 Å². The van der Waals surface area contributed by atoms with Gasteiger partial charge in [0.25, 0.3) is 5.91 Å². The van der Waals surface area contributed by atoms with Crippen molar-refractivity contribution in [1.82, 2.24) is 4.98 Å². The van der Waals surface area contributed by atoms with Crippen LogP contribution in [0.5, 0.6) is 0 Å². The van der Waals surface area contributed by atoms with E-state index in [4.69, 9.17) is 9.15 Å². The second kappa shape index (κ2) is 10.4. The summed E-state index contributed by atoms with van der Waals surface area (Å²) in [6, 6.07) is 20.6. The third kappa shape index (κ3) is 4.94. The number of carboxylic acid groups (broad SMARTS) is 1. The Kier molecular flexibility index (Phi) is 6.81. The summed E-state index contributed by atoms with van der Waals surface area (Å²) in [7, 11) is 1.47. The molecule has 2 aromatic carbocycles. The molecule has 0 radical (unpaired) electrons. The number of fused-ring (bicyclic) bond motifs is 1. The van der Waals surface area contributed by atoms with Crippen LogP contribution in [0.15, 0.2) is 83.6 Å². The van der Waals surface area contributed by atoms with Gasteiger partial charge in [0.2, 0.25) is 0 Å². The van der Waals surface area contributed by atoms with Crippen LogP contribution < -0.4 is 5.32 Å². The molecule has 0 fully saturated rings. The zero-order valence-corrected chi connectivity index (χ0v) is 21.8. The van der Waals surface area contributed by atoms with Gasteiger partial charge < -0.3 is 19.6 Å². The highest BCUT2D eigenvalue weighted by molar-refractivity contribution is 7.18. The lowest BCUT2D eigenvalue weighted by Gasteiger charge is -2.12. The summed E-state index contributed by atoms with van der Waals surface area (Å²) in [5.41, 5.74) is 6.39. The number of amides is 1. The summed E-state index contributed by atoms with van der Waals surface area (Å²) in [5.74, 6) is -0.884. The van der Waals surface area contributed by atoms with Gasteiger partial charge in [-0.2, -0.15) is 0 Å². The maximum absolute atomic E-state index is 13.3. The van der Waals surface area contributed by atoms with E-state index in [9.17, 15) is 14.7 Å². The fourth-order valence-electron chi connectivity index (χ4n) is 4.26. The van der Waals surface area contributed by atoms with Crippen LogP contribution >= 0.6 is 11.3 Å². The number of pyridine rings is 1. The molecule has 0 aliphatic heterocycles. The Balaban J connectivity index is 1.43. The maximum Gasteiger partial charge on any atom is 0.348 e. The Hall–Kier alpha value is -4.69. The number of hydrogen-bond acceptors (Lipinski definition) is 6. The number of hydrogen-bond donors (Lipinski definition) is 2. The van der Waals surface area contributed by atoms with Crippen LogP contribution in [0, 0.1) is 13.8 Å². The number of aromatic nitrogens is 1. The standard InChI is InChI=1S/C30H24N2O5S/c1-17-6-11-21(18(2)13-17)22(16-36-3)29(33)32-24-15-27(38-28(24)30(34)35)20-9-7-19(8-10-20)26-14-23-25(37-26)5-4-12-31-23/h4-16H,1-3H3,(H,32,33)(H,34,35). The summed E-state index contributed by atoms with van der Waals surface area (Å²) in [4.78, 5) is 30.4. The van der Waals surface area contributed by atoms with E-state index < -0.39 is 11.9 Å². The fraction of sp³-hybridized carbons (Fsp3) is 0.100. The molecule has 0 bridgehead atoms. The normalized spacial score (nSPS) is 11.5. The van der Waals surface area contributed by atoms with Crippen molar-refractivity contribution in [3.63, 3.8) is 0 Å². The number of carbonyl (C=O) groups is 2. The predicted octanol–water partition coefficient (Wildman–Crippen LogP) is 7.16. The van der Waals surface area contributed by atoms with Crippen molar-refractivity contribution in [3.8, 4) is 21.8 Å². The van der Waals surface area contributed by atoms with Gasteiger partial charge in [-0.15, -0.1) is 11.3 Å². The molecule has 1 amide bonds. The summed E-state index contributed by atoms with van der Waals surface area (Å²) in [6.45, 7) is 3.89. The lowest BCUT2D eigenvalue weighted by Crippen LogP contribution is -2.16. The van der Waals surface area contributed by atoms with E-state index in [1.807, 2.05) is 74.5 Å². The molecule has 0 saturated heterocycles. The average Bonchev–Trinajstić information content (AvgIpc) is 3.52. The fourth-order valence-corrected chi connectivity index (χ4v) is 5.22. The molecule has 5 rings (SSSR count). The maximum atomic E-state index is 13.3. The van der Waals surface area contributed by atoms with Crippen molar-refractivity contribution >= 4 is 45.6 Å². The highest BCUT2D eigenvalue weighted by Gasteiger charge is 2.22. The number of thiophene rings is 1. The average molecular weight is 525 g/mol. The number of methoxy groups -OCH3 is 1. The zero-order chi connectivity index (χ0) is 26.8. The molecule has 2 N–H and O–H groups in total. The van der Waals surface area contributed by atoms with Gasteiger partial charge in [-0.05, 0) is 48.7 Å². The third-order valence-corrected chi connectivity index (χ3v) is 7.24. The zero-order valence-electron chi connectivity index (χ0n) is 20.9. The molecule has 3 aromatic heterocycles. The minimum atomic E-state index is -1.12. The second-order valence-electron chi connectivity index (χ2n) is 8.77. The topological polar surface area (TPSA) is 102 Å². The molecular weight excluding hydrogens is 500 g/mol. The van der Waals surface area contributed by atoms with Gasteiger partial charge in [-0.25, -0.2) is 4.79 Å². The number of ether oxygens (including phenoxy) is 1. The monoisotopic (exact) mass is 524 g/mol. The van der Waals surface area contributed by atoms with Crippen molar-refractivity contribution in [2.45, 2.75) is 13.8 Å². The molecule has 5 aromatic rings. The number of nitrogens with one attached hydrogen (secondary N) is 1. The first-order chi connectivity index (χ1) is 18.3. The lowest BCUT2D eigenvalue weighted by molar-refractivity contribution is -0.111. The van der Waals surface area contributed by atoms with Crippen LogP contribution in [0.25, 0.3) is 38.4 Å². The molecule has 0 aliphatic rings. The van der Waals surface area contributed by atoms with Crippen molar-refractivity contribution in [2.24, 2.45) is 0 Å². The quantitative estimate of drug-likeness (QED) is 0.173. The minimum Gasteiger partial charge on any atom is -0.504 e. The van der Waals surface area contributed by atoms with Gasteiger partial charge in [-0.1, -0.05) is 48.0 Å². The minimum absolute atomic E-state index is 0.0400. The van der Waals surface area contributed by atoms with Crippen molar-refractivity contribution in [1.29, 1.82) is 0 Å². The smallest absolute Gasteiger partial charge is 0.348 e. The molecule has 7 nitrogen and oxygen atoms in total. The van der Waals surface area contributed by atoms with Crippen molar-refractivity contribution in [3.05, 3.63) is 101 Å². The van der Waals surface area contributed by atoms with Gasteiger partial charge in [-0.3, -0.25) is 9.78 Å². The molecule has 0 spiro atoms. The van der Waals surface area contributed by atoms with E-state index in [2.05, 4.69) is 10.3 Å². The largest absolute Gasteiger partial charge is 0.504 e. The molecule has 38 heavy (non-hydrogen) atoms. The molecule has 8 heteroatoms. The number of carboxylic acids is 1. The molecule has 0 aliphatic carbocycles. The van der Waals surface area contributed by atoms with E-state index in [1.165, 1.54) is 13.4 Å². The summed E-state index contributed by atoms with van der Waals surface area (Å²) >= 11 is 1.10. The number of nitrogens with zero attached hydrogens (tertiary/aromatic N) is 1. The summed E-state index contributed by atoms with van der Waals surface area (Å²) in [6.07, 6.45) is 3.08. The van der Waals surface area contributed by atoms with Crippen LogP contribution in [0.4, 0.5) is 5.69 Å². The molecule has 190 valence electrons. The number of carbonyl (C=O) groups excluding carboxylic acids is 1. The van der Waals surface area contributed by atoms with Crippen LogP contribution in [-0.4, -0.2) is 29.1 Å². The van der Waals surface area contributed by atoms with Crippen LogP contribution in [0.3, 0.4) is 0 Å². The molecule has 0 atom stereocenters. The first-order valence-corrected chi connectivity index (χ1v) is 12.6. The van der Waals surface area contributed by atoms with Gasteiger partial charge >= 0.3 is 5.97 Å². The third-order valence-electron chi connectivity index (χ3n) is 6.07. The number of benzene rings is 2. The molecule has 0 saturated carbocycles. The Morgan fingerprint density at radius 1 is 1.03 bits per heavy atom. The van der Waals surface area contributed by atoms with E-state index in [1.54, 1.807) is 12.3 Å². The van der Waals surface area contributed by atoms with E-state index in [0.717, 1.165) is 39.1 Å². The van der Waals surface area contributed by atoms with Crippen molar-refractivity contribution < 1.29 is 23.8 Å². The Bertz CT molecular complexity index is 1660. The Morgan fingerprint density at radius 2 is 1.79 bits per heavy atom. The van der Waals surface area contributed by atoms with Crippen LogP contribution in [0.1, 0.15) is 26.4 Å². The molecular formula is C30H24N2O5S. The van der Waals surface area contributed by atoms with E-state index in [0.29, 0.717) is 27.4 Å². The molecule has 0 unspecified atom stereocenters. The van der Waals surface area contributed by atoms with Gasteiger partial charge in [0.15, 0.2) is 5.58 Å². The molecule has 3 heterocycles. The van der Waals surface area contributed by atoms with Crippen LogP contribution in [0.2, 0.25) is 0 Å². The van der Waals surface area contributed by atoms with E-state index in [-0.39, 0.29) is 10.6 Å². The second-order valence-corrected chi connectivity index (χ2v) is 9.83. The number of anilines is 1. The SMILES string of the molecule is COC=C(C(=O)Nc1cc(-c2ccc(-c3cc4ncccc4o3)cc2)sc1C(=O)O)c1ccc(C)cc1C. The number of aryl methyl sites for hydroxylation is 2. The van der Waals surface area contributed by atoms with Gasteiger partial charge in [0.05, 0.1) is 24.6 Å². The first kappa shape index (κ1) is 25.0. The Morgan fingerprint density at radius 3 is 2.47 bits per heavy atom. The van der Waals surface area contributed by atoms with Crippen molar-refractivity contribution in [2.75, 3.05) is 12.4 Å². The number of aromatic carboxylic acids is 1. The van der Waals surface area contributed by atoms with Crippen LogP contribution in [-0.2, 0) is 9.53 Å². The highest BCUT2D eigenvalue weighted by Crippen LogP contribution is 2.37. The number of furan rings is 1. The van der Waals surface area contributed by atoms with Gasteiger partial charge in [0, 0.05) is 22.7 Å². The summed E-state index contributed by atoms with van der Waals surface area (Å²) in [5, 5.41) is 12.6. The Labute approximate surface area is 223 Å². The lowest BCUT2D eigenvalue weighted by atomic mass is 9.99. The predicted molar refractivity (Wildman–Crippen MR) is 149 cm³/mol. The summed E-state index contributed by atoms with van der Waals surface area (Å²) < 4.78 is 11.1. The van der Waals surface area contributed by atoms with E-state index >= 15 is 0 Å². The number of rotatable bonds is 7. The first-order valence-electron chi connectivity index (χ1n) is 11.8.